The standard InChI is InChI=1S/C21H27N3O/c1-13(2)24-17-10-8-7-9-16(17)20-15(4)21(14(3)11-18(20)24)22-19(25)12-23(5)6/h7-11,13H,12H2,1-6H3,(H,22,25). The van der Waals surface area contributed by atoms with Crippen molar-refractivity contribution in [2.24, 2.45) is 0 Å². The van der Waals surface area contributed by atoms with Crippen molar-refractivity contribution >= 4 is 33.4 Å². The van der Waals surface area contributed by atoms with Crippen LogP contribution in [0.15, 0.2) is 30.3 Å². The Morgan fingerprint density at radius 2 is 1.84 bits per heavy atom. The van der Waals surface area contributed by atoms with Gasteiger partial charge in [0.05, 0.1) is 12.1 Å². The van der Waals surface area contributed by atoms with E-state index in [0.29, 0.717) is 12.6 Å². The van der Waals surface area contributed by atoms with Crippen LogP contribution in [0.4, 0.5) is 5.69 Å². The highest BCUT2D eigenvalue weighted by atomic mass is 16.2. The molecule has 25 heavy (non-hydrogen) atoms. The number of hydrogen-bond acceptors (Lipinski definition) is 2. The fraction of sp³-hybridized carbons (Fsp3) is 0.381. The van der Waals surface area contributed by atoms with Crippen LogP contribution in [-0.2, 0) is 4.79 Å². The van der Waals surface area contributed by atoms with Gasteiger partial charge < -0.3 is 14.8 Å². The van der Waals surface area contributed by atoms with Gasteiger partial charge in [-0.05, 0) is 65.0 Å². The summed E-state index contributed by atoms with van der Waals surface area (Å²) in [6.07, 6.45) is 0. The second kappa shape index (κ2) is 6.52. The molecule has 0 spiro atoms. The number of carbonyl (C=O) groups excluding carboxylic acids is 1. The van der Waals surface area contributed by atoms with Gasteiger partial charge in [0.1, 0.15) is 0 Å². The Labute approximate surface area is 149 Å². The van der Waals surface area contributed by atoms with Gasteiger partial charge in [0.25, 0.3) is 0 Å². The van der Waals surface area contributed by atoms with Gasteiger partial charge in [-0.15, -0.1) is 0 Å². The topological polar surface area (TPSA) is 37.3 Å². The van der Waals surface area contributed by atoms with Crippen LogP contribution in [0.3, 0.4) is 0 Å². The molecular weight excluding hydrogens is 310 g/mol. The SMILES string of the molecule is Cc1cc2c(c(C)c1NC(=O)CN(C)C)c1ccccc1n2C(C)C. The molecule has 4 heteroatoms. The number of hydrogen-bond donors (Lipinski definition) is 1. The number of aromatic nitrogens is 1. The first-order valence-electron chi connectivity index (χ1n) is 8.78. The number of carbonyl (C=O) groups is 1. The van der Waals surface area contributed by atoms with Gasteiger partial charge in [0, 0.05) is 28.0 Å². The summed E-state index contributed by atoms with van der Waals surface area (Å²) in [5.41, 5.74) is 5.65. The van der Waals surface area contributed by atoms with Gasteiger partial charge in [0.15, 0.2) is 0 Å². The van der Waals surface area contributed by atoms with Gasteiger partial charge in [-0.25, -0.2) is 0 Å². The largest absolute Gasteiger partial charge is 0.338 e. The minimum Gasteiger partial charge on any atom is -0.338 e. The summed E-state index contributed by atoms with van der Waals surface area (Å²) >= 11 is 0. The van der Waals surface area contributed by atoms with Crippen molar-refractivity contribution in [3.63, 3.8) is 0 Å². The average molecular weight is 337 g/mol. The van der Waals surface area contributed by atoms with E-state index in [9.17, 15) is 4.79 Å². The fourth-order valence-electron chi connectivity index (χ4n) is 3.73. The third kappa shape index (κ3) is 3.02. The Bertz CT molecular complexity index is 951. The summed E-state index contributed by atoms with van der Waals surface area (Å²) in [5.74, 6) is 0.0168. The summed E-state index contributed by atoms with van der Waals surface area (Å²) in [7, 11) is 3.80. The van der Waals surface area contributed by atoms with Crippen molar-refractivity contribution in [3.8, 4) is 0 Å². The maximum Gasteiger partial charge on any atom is 0.238 e. The van der Waals surface area contributed by atoms with Crippen LogP contribution < -0.4 is 5.32 Å². The molecule has 0 aliphatic carbocycles. The molecule has 0 unspecified atom stereocenters. The molecule has 0 aliphatic heterocycles. The molecule has 3 rings (SSSR count). The highest BCUT2D eigenvalue weighted by molar-refractivity contribution is 6.12. The predicted molar refractivity (Wildman–Crippen MR) is 106 cm³/mol. The first kappa shape index (κ1) is 17.5. The number of para-hydroxylation sites is 1. The zero-order valence-electron chi connectivity index (χ0n) is 16.0. The van der Waals surface area contributed by atoms with Gasteiger partial charge in [-0.2, -0.15) is 0 Å². The van der Waals surface area contributed by atoms with Gasteiger partial charge in [-0.1, -0.05) is 18.2 Å². The van der Waals surface area contributed by atoms with E-state index in [-0.39, 0.29) is 5.91 Å². The van der Waals surface area contributed by atoms with Crippen molar-refractivity contribution < 1.29 is 4.79 Å². The molecule has 2 aromatic carbocycles. The lowest BCUT2D eigenvalue weighted by Gasteiger charge is -2.17. The molecule has 1 N–H and O–H groups in total. The normalized spacial score (nSPS) is 11.8. The first-order chi connectivity index (χ1) is 11.8. The van der Waals surface area contributed by atoms with E-state index >= 15 is 0 Å². The number of rotatable bonds is 4. The van der Waals surface area contributed by atoms with Crippen LogP contribution in [0.1, 0.15) is 31.0 Å². The van der Waals surface area contributed by atoms with E-state index in [1.165, 1.54) is 21.8 Å². The van der Waals surface area contributed by atoms with E-state index < -0.39 is 0 Å². The van der Waals surface area contributed by atoms with E-state index in [1.807, 2.05) is 19.0 Å². The lowest BCUT2D eigenvalue weighted by molar-refractivity contribution is -0.116. The highest BCUT2D eigenvalue weighted by Crippen LogP contribution is 2.38. The van der Waals surface area contributed by atoms with E-state index in [4.69, 9.17) is 0 Å². The van der Waals surface area contributed by atoms with Crippen molar-refractivity contribution in [3.05, 3.63) is 41.5 Å². The minimum atomic E-state index is 0.0168. The maximum absolute atomic E-state index is 12.3. The molecule has 1 heterocycles. The second-order valence-corrected chi connectivity index (χ2v) is 7.35. The average Bonchev–Trinajstić information content (AvgIpc) is 2.84. The van der Waals surface area contributed by atoms with Crippen LogP contribution >= 0.6 is 0 Å². The van der Waals surface area contributed by atoms with E-state index in [0.717, 1.165) is 16.8 Å². The van der Waals surface area contributed by atoms with Crippen molar-refractivity contribution in [2.45, 2.75) is 33.7 Å². The molecule has 0 saturated heterocycles. The predicted octanol–water partition coefficient (Wildman–Crippen LogP) is 4.49. The molecule has 1 aromatic heterocycles. The Hall–Kier alpha value is -2.33. The number of anilines is 1. The molecular formula is C21H27N3O. The Balaban J connectivity index is 2.26. The fourth-order valence-corrected chi connectivity index (χ4v) is 3.73. The number of benzene rings is 2. The number of likely N-dealkylation sites (N-methyl/N-ethyl adjacent to an activating group) is 1. The molecule has 0 atom stereocenters. The van der Waals surface area contributed by atoms with Crippen molar-refractivity contribution in [1.29, 1.82) is 0 Å². The summed E-state index contributed by atoms with van der Waals surface area (Å²) in [6.45, 7) is 8.98. The molecule has 4 nitrogen and oxygen atoms in total. The molecule has 0 bridgehead atoms. The van der Waals surface area contributed by atoms with Crippen molar-refractivity contribution in [1.82, 2.24) is 9.47 Å². The van der Waals surface area contributed by atoms with Crippen LogP contribution in [-0.4, -0.2) is 36.0 Å². The summed E-state index contributed by atoms with van der Waals surface area (Å²) in [5, 5.41) is 5.59. The summed E-state index contributed by atoms with van der Waals surface area (Å²) < 4.78 is 2.39. The Kier molecular flexibility index (Phi) is 4.56. The van der Waals surface area contributed by atoms with Crippen LogP contribution in [0.5, 0.6) is 0 Å². The zero-order valence-corrected chi connectivity index (χ0v) is 16.0. The van der Waals surface area contributed by atoms with Crippen LogP contribution in [0.25, 0.3) is 21.8 Å². The maximum atomic E-state index is 12.3. The van der Waals surface area contributed by atoms with Crippen molar-refractivity contribution in [2.75, 3.05) is 26.0 Å². The number of fused-ring (bicyclic) bond motifs is 3. The summed E-state index contributed by atoms with van der Waals surface area (Å²) in [4.78, 5) is 14.2. The molecule has 132 valence electrons. The zero-order chi connectivity index (χ0) is 18.3. The van der Waals surface area contributed by atoms with Gasteiger partial charge >= 0.3 is 0 Å². The van der Waals surface area contributed by atoms with Gasteiger partial charge in [-0.3, -0.25) is 4.79 Å². The monoisotopic (exact) mass is 337 g/mol. The molecule has 0 saturated carbocycles. The highest BCUT2D eigenvalue weighted by Gasteiger charge is 2.18. The first-order valence-corrected chi connectivity index (χ1v) is 8.78. The second-order valence-electron chi connectivity index (χ2n) is 7.35. The quantitative estimate of drug-likeness (QED) is 0.761. The lowest BCUT2D eigenvalue weighted by Crippen LogP contribution is -2.27. The molecule has 0 fully saturated rings. The van der Waals surface area contributed by atoms with Crippen LogP contribution in [0, 0.1) is 13.8 Å². The van der Waals surface area contributed by atoms with Crippen LogP contribution in [0.2, 0.25) is 0 Å². The molecule has 0 aliphatic rings. The lowest BCUT2D eigenvalue weighted by atomic mass is 10.0. The number of amides is 1. The van der Waals surface area contributed by atoms with E-state index in [1.54, 1.807) is 0 Å². The van der Waals surface area contributed by atoms with Gasteiger partial charge in [0.2, 0.25) is 5.91 Å². The number of aryl methyl sites for hydroxylation is 2. The third-order valence-electron chi connectivity index (χ3n) is 4.69. The van der Waals surface area contributed by atoms with E-state index in [2.05, 4.69) is 67.9 Å². The number of nitrogens with one attached hydrogen (secondary N) is 1. The Morgan fingerprint density at radius 1 is 1.16 bits per heavy atom. The number of nitrogens with zero attached hydrogens (tertiary/aromatic N) is 2. The smallest absolute Gasteiger partial charge is 0.238 e. The summed E-state index contributed by atoms with van der Waals surface area (Å²) in [6, 6.07) is 11.1. The molecule has 1 amide bonds. The third-order valence-corrected chi connectivity index (χ3v) is 4.69. The molecule has 3 aromatic rings. The minimum absolute atomic E-state index is 0.0168. The molecule has 0 radical (unpaired) electrons. The Morgan fingerprint density at radius 3 is 2.48 bits per heavy atom.